The van der Waals surface area contributed by atoms with Crippen molar-refractivity contribution in [3.63, 3.8) is 0 Å². The van der Waals surface area contributed by atoms with Gasteiger partial charge in [0.2, 0.25) is 0 Å². The average molecular weight is 250 g/mol. The molecule has 1 saturated heterocycles. The molecular weight excluding hydrogens is 228 g/mol. The van der Waals surface area contributed by atoms with Crippen molar-refractivity contribution >= 4 is 0 Å². The number of hydrogen-bond acceptors (Lipinski definition) is 3. The molecule has 1 aliphatic rings. The van der Waals surface area contributed by atoms with Crippen LogP contribution < -0.4 is 0 Å². The zero-order valence-corrected chi connectivity index (χ0v) is 10.9. The van der Waals surface area contributed by atoms with Gasteiger partial charge in [0.1, 0.15) is 13.2 Å². The van der Waals surface area contributed by atoms with E-state index in [4.69, 9.17) is 14.6 Å². The highest BCUT2D eigenvalue weighted by atomic mass is 16.7. The van der Waals surface area contributed by atoms with Crippen LogP contribution in [-0.2, 0) is 9.47 Å². The third-order valence-electron chi connectivity index (χ3n) is 2.66. The molecule has 0 bridgehead atoms. The van der Waals surface area contributed by atoms with Gasteiger partial charge in [0.25, 0.3) is 0 Å². The first-order valence-corrected chi connectivity index (χ1v) is 6.69. The predicted octanol–water partition coefficient (Wildman–Crippen LogP) is 2.09. The number of ether oxygens (including phenoxy) is 2. The summed E-state index contributed by atoms with van der Waals surface area (Å²) in [6.45, 7) is 1.24. The number of unbranched alkanes of at least 4 members (excludes halogenated alkanes) is 3. The van der Waals surface area contributed by atoms with E-state index in [9.17, 15) is 0 Å². The quantitative estimate of drug-likeness (QED) is 0.600. The van der Waals surface area contributed by atoms with Crippen LogP contribution in [0.25, 0.3) is 0 Å². The largest absolute Gasteiger partial charge is 0.384 e. The fraction of sp³-hybridized carbons (Fsp3) is 0.733. The van der Waals surface area contributed by atoms with Gasteiger partial charge in [0.15, 0.2) is 6.29 Å². The maximum Gasteiger partial charge on any atom is 0.158 e. The van der Waals surface area contributed by atoms with Crippen LogP contribution in [0.4, 0.5) is 0 Å². The van der Waals surface area contributed by atoms with Gasteiger partial charge in [-0.1, -0.05) is 11.8 Å². The minimum Gasteiger partial charge on any atom is -0.384 e. The van der Waals surface area contributed by atoms with Crippen molar-refractivity contribution in [2.24, 2.45) is 0 Å². The van der Waals surface area contributed by atoms with Gasteiger partial charge < -0.3 is 14.6 Å². The Labute approximate surface area is 110 Å². The summed E-state index contributed by atoms with van der Waals surface area (Å²) < 4.78 is 10.9. The van der Waals surface area contributed by atoms with Gasteiger partial charge >= 0.3 is 0 Å². The minimum absolute atomic E-state index is 0.0400. The Hall–Kier alpha value is -1.00. The fourth-order valence-electron chi connectivity index (χ4n) is 1.69. The van der Waals surface area contributed by atoms with E-state index < -0.39 is 0 Å². The molecule has 0 aromatic heterocycles. The zero-order valence-electron chi connectivity index (χ0n) is 10.9. The highest BCUT2D eigenvalue weighted by Gasteiger charge is 2.12. The summed E-state index contributed by atoms with van der Waals surface area (Å²) in [6.07, 6.45) is 7.09. The van der Waals surface area contributed by atoms with Crippen molar-refractivity contribution in [2.45, 2.75) is 51.2 Å². The highest BCUT2D eigenvalue weighted by molar-refractivity contribution is 5.00. The Morgan fingerprint density at radius 2 is 1.83 bits per heavy atom. The molecule has 1 unspecified atom stereocenters. The molecule has 3 nitrogen and oxygen atoms in total. The van der Waals surface area contributed by atoms with Gasteiger partial charge in [-0.05, 0) is 32.1 Å². The summed E-state index contributed by atoms with van der Waals surface area (Å²) in [5.74, 6) is 11.6. The lowest BCUT2D eigenvalue weighted by Gasteiger charge is -2.21. The lowest BCUT2D eigenvalue weighted by molar-refractivity contribution is -0.154. The topological polar surface area (TPSA) is 38.7 Å². The van der Waals surface area contributed by atoms with E-state index in [1.54, 1.807) is 0 Å². The molecule has 0 aliphatic carbocycles. The second-order valence-electron chi connectivity index (χ2n) is 4.18. The fourth-order valence-corrected chi connectivity index (χ4v) is 1.69. The second kappa shape index (κ2) is 11.1. The smallest absolute Gasteiger partial charge is 0.158 e. The van der Waals surface area contributed by atoms with Crippen LogP contribution in [0.2, 0.25) is 0 Å². The van der Waals surface area contributed by atoms with E-state index >= 15 is 0 Å². The normalized spacial score (nSPS) is 18.4. The summed E-state index contributed by atoms with van der Waals surface area (Å²) in [4.78, 5) is 0. The molecule has 1 atom stereocenters. The van der Waals surface area contributed by atoms with Gasteiger partial charge in [0, 0.05) is 19.4 Å². The van der Waals surface area contributed by atoms with Gasteiger partial charge in [-0.2, -0.15) is 0 Å². The van der Waals surface area contributed by atoms with Crippen LogP contribution in [0.5, 0.6) is 0 Å². The molecule has 1 N–H and O–H groups in total. The molecule has 100 valence electrons. The van der Waals surface area contributed by atoms with E-state index in [1.165, 1.54) is 6.42 Å². The van der Waals surface area contributed by atoms with E-state index in [0.717, 1.165) is 45.1 Å². The van der Waals surface area contributed by atoms with E-state index in [-0.39, 0.29) is 12.9 Å². The van der Waals surface area contributed by atoms with Crippen LogP contribution >= 0.6 is 0 Å². The minimum atomic E-state index is -0.0413. The van der Waals surface area contributed by atoms with Crippen molar-refractivity contribution in [3.05, 3.63) is 0 Å². The lowest BCUT2D eigenvalue weighted by Crippen LogP contribution is -2.22. The molecule has 0 aromatic carbocycles. The van der Waals surface area contributed by atoms with Crippen molar-refractivity contribution in [1.29, 1.82) is 0 Å². The van der Waals surface area contributed by atoms with Crippen LogP contribution in [0.3, 0.4) is 0 Å². The van der Waals surface area contributed by atoms with Crippen LogP contribution in [-0.4, -0.2) is 31.2 Å². The first-order chi connectivity index (χ1) is 8.93. The Balaban J connectivity index is 1.91. The number of aliphatic hydroxyl groups is 1. The molecule has 3 heteroatoms. The Kier molecular flexibility index (Phi) is 9.30. The highest BCUT2D eigenvalue weighted by Crippen LogP contribution is 2.13. The summed E-state index contributed by atoms with van der Waals surface area (Å²) in [6, 6.07) is 0. The monoisotopic (exact) mass is 250 g/mol. The van der Waals surface area contributed by atoms with Gasteiger partial charge in [-0.15, -0.1) is 11.8 Å². The van der Waals surface area contributed by atoms with Crippen LogP contribution in [0.1, 0.15) is 44.9 Å². The third kappa shape index (κ3) is 8.14. The second-order valence-corrected chi connectivity index (χ2v) is 4.18. The number of hydrogen-bond donors (Lipinski definition) is 1. The maximum atomic E-state index is 8.45. The first kappa shape index (κ1) is 15.1. The van der Waals surface area contributed by atoms with E-state index in [1.807, 2.05) is 0 Å². The van der Waals surface area contributed by atoms with Crippen LogP contribution in [0.15, 0.2) is 0 Å². The molecule has 1 rings (SSSR count). The number of rotatable bonds is 5. The summed E-state index contributed by atoms with van der Waals surface area (Å²) >= 11 is 0. The SMILES string of the molecule is OCC#CCCCCC#CCOC1CCCCO1. The average Bonchev–Trinajstić information content (AvgIpc) is 2.42. The molecule has 0 spiro atoms. The standard InChI is InChI=1S/C15H22O3/c16-12-8-5-3-1-2-4-6-9-13-17-15-11-7-10-14-18-15/h15-16H,1-4,7,10-14H2. The summed E-state index contributed by atoms with van der Waals surface area (Å²) in [7, 11) is 0. The Bertz CT molecular complexity index is 310. The summed E-state index contributed by atoms with van der Waals surface area (Å²) in [5.41, 5.74) is 0. The predicted molar refractivity (Wildman–Crippen MR) is 70.6 cm³/mol. The molecular formula is C15H22O3. The van der Waals surface area contributed by atoms with Crippen molar-refractivity contribution in [1.82, 2.24) is 0 Å². The van der Waals surface area contributed by atoms with Gasteiger partial charge in [-0.25, -0.2) is 0 Å². The molecule has 1 heterocycles. The van der Waals surface area contributed by atoms with Gasteiger partial charge in [0.05, 0.1) is 0 Å². The number of aliphatic hydroxyl groups excluding tert-OH is 1. The first-order valence-electron chi connectivity index (χ1n) is 6.69. The molecule has 0 radical (unpaired) electrons. The Morgan fingerprint density at radius 1 is 1.06 bits per heavy atom. The van der Waals surface area contributed by atoms with E-state index in [0.29, 0.717) is 6.61 Å². The molecule has 1 fully saturated rings. The summed E-state index contributed by atoms with van der Waals surface area (Å²) in [5, 5.41) is 8.45. The molecule has 0 aromatic rings. The van der Waals surface area contributed by atoms with Crippen molar-refractivity contribution in [2.75, 3.05) is 19.8 Å². The lowest BCUT2D eigenvalue weighted by atomic mass is 10.2. The van der Waals surface area contributed by atoms with E-state index in [2.05, 4.69) is 23.7 Å². The molecule has 1 aliphatic heterocycles. The van der Waals surface area contributed by atoms with Gasteiger partial charge in [-0.3, -0.25) is 0 Å². The molecule has 0 saturated carbocycles. The molecule has 18 heavy (non-hydrogen) atoms. The third-order valence-corrected chi connectivity index (χ3v) is 2.66. The van der Waals surface area contributed by atoms with Crippen molar-refractivity contribution in [3.8, 4) is 23.7 Å². The van der Waals surface area contributed by atoms with Crippen molar-refractivity contribution < 1.29 is 14.6 Å². The molecule has 0 amide bonds. The van der Waals surface area contributed by atoms with Crippen LogP contribution in [0, 0.1) is 23.7 Å². The Morgan fingerprint density at radius 3 is 2.50 bits per heavy atom. The zero-order chi connectivity index (χ0) is 12.9. The maximum absolute atomic E-state index is 8.45.